The summed E-state index contributed by atoms with van der Waals surface area (Å²) in [5.74, 6) is 0.438. The number of benzene rings is 2. The van der Waals surface area contributed by atoms with Crippen LogP contribution < -0.4 is 43.4 Å². The smallest absolute Gasteiger partial charge is 0.259 e. The third-order valence-electron chi connectivity index (χ3n) is 7.81. The molecule has 15 heteroatoms. The third kappa shape index (κ3) is 7.78. The Kier molecular flexibility index (Phi) is 10.1. The summed E-state index contributed by atoms with van der Waals surface area (Å²) in [5.41, 5.74) is 27.9. The fraction of sp³-hybridized carbons (Fsp3) is 0.323. The Bertz CT molecular complexity index is 1580. The SMILES string of the molecule is Cl.N[C@@H]1C[C@H](N)CN(c2nc(Nc3ccc(C(=O)Nc4ccc(-c5ccccn5)cc4)c(O)c3)nc(N3C[C@H](N)C[C@H](N)C3)n2)C1. The average molecular weight is 647 g/mol. The molecule has 0 spiro atoms. The van der Waals surface area contributed by atoms with Gasteiger partial charge in [0.05, 0.1) is 11.3 Å². The Balaban J connectivity index is 0.00000417. The van der Waals surface area contributed by atoms with E-state index in [4.69, 9.17) is 27.9 Å². The number of phenols is 1. The molecule has 11 N–H and O–H groups in total. The first kappa shape index (κ1) is 32.8. The van der Waals surface area contributed by atoms with E-state index in [9.17, 15) is 9.90 Å². The number of nitrogens with zero attached hydrogens (tertiary/aromatic N) is 6. The van der Waals surface area contributed by atoms with Crippen LogP contribution in [0.4, 0.5) is 29.2 Å². The molecular formula is C31H39ClN12O2. The molecule has 2 aromatic carbocycles. The molecule has 1 amide bonds. The van der Waals surface area contributed by atoms with Gasteiger partial charge in [0.1, 0.15) is 5.75 Å². The van der Waals surface area contributed by atoms with Gasteiger partial charge in [-0.1, -0.05) is 18.2 Å². The summed E-state index contributed by atoms with van der Waals surface area (Å²) in [6.45, 7) is 2.19. The predicted molar refractivity (Wildman–Crippen MR) is 182 cm³/mol. The van der Waals surface area contributed by atoms with Gasteiger partial charge in [-0.05, 0) is 49.2 Å². The largest absolute Gasteiger partial charge is 0.507 e. The first-order valence-corrected chi connectivity index (χ1v) is 14.9. The molecule has 242 valence electrons. The summed E-state index contributed by atoms with van der Waals surface area (Å²) >= 11 is 0. The minimum absolute atomic E-state index is 0. The summed E-state index contributed by atoms with van der Waals surface area (Å²) in [4.78, 5) is 35.3. The number of hydrogen-bond donors (Lipinski definition) is 7. The van der Waals surface area contributed by atoms with E-state index in [1.54, 1.807) is 24.4 Å². The first-order valence-electron chi connectivity index (χ1n) is 14.9. The molecule has 0 saturated carbocycles. The number of pyridine rings is 1. The molecule has 4 atom stereocenters. The number of piperidine rings is 2. The Hall–Kier alpha value is -4.60. The van der Waals surface area contributed by atoms with Gasteiger partial charge < -0.3 is 48.5 Å². The number of anilines is 5. The zero-order valence-corrected chi connectivity index (χ0v) is 26.0. The predicted octanol–water partition coefficient (Wildman–Crippen LogP) is 1.79. The van der Waals surface area contributed by atoms with Gasteiger partial charge in [-0.25, -0.2) is 0 Å². The number of nitrogens with one attached hydrogen (secondary N) is 2. The Morgan fingerprint density at radius 2 is 1.33 bits per heavy atom. The van der Waals surface area contributed by atoms with Crippen LogP contribution in [0.2, 0.25) is 0 Å². The minimum Gasteiger partial charge on any atom is -0.507 e. The Morgan fingerprint density at radius 1 is 0.761 bits per heavy atom. The topological polar surface area (TPSA) is 223 Å². The number of phenolic OH excluding ortho intramolecular Hbond substituents is 1. The molecule has 0 radical (unpaired) electrons. The van der Waals surface area contributed by atoms with E-state index in [0.717, 1.165) is 11.3 Å². The summed E-state index contributed by atoms with van der Waals surface area (Å²) in [6.07, 6.45) is 3.15. The van der Waals surface area contributed by atoms with Crippen molar-refractivity contribution in [2.75, 3.05) is 46.6 Å². The molecule has 4 aromatic rings. The first-order chi connectivity index (χ1) is 21.7. The minimum atomic E-state index is -0.454. The van der Waals surface area contributed by atoms with E-state index in [1.807, 2.05) is 40.1 Å². The number of amides is 1. The molecule has 2 aliphatic heterocycles. The van der Waals surface area contributed by atoms with Gasteiger partial charge in [0.25, 0.3) is 5.91 Å². The lowest BCUT2D eigenvalue weighted by atomic mass is 10.0. The van der Waals surface area contributed by atoms with Crippen molar-refractivity contribution in [3.63, 3.8) is 0 Å². The van der Waals surface area contributed by atoms with Gasteiger partial charge in [-0.2, -0.15) is 15.0 Å². The van der Waals surface area contributed by atoms with Gasteiger partial charge in [0.2, 0.25) is 17.8 Å². The Morgan fingerprint density at radius 3 is 1.85 bits per heavy atom. The van der Waals surface area contributed by atoms with Crippen molar-refractivity contribution in [1.29, 1.82) is 0 Å². The summed E-state index contributed by atoms with van der Waals surface area (Å²) < 4.78 is 0. The number of rotatable bonds is 7. The molecule has 0 aliphatic carbocycles. The zero-order chi connectivity index (χ0) is 31.5. The van der Waals surface area contributed by atoms with Crippen LogP contribution in [0.15, 0.2) is 66.9 Å². The zero-order valence-electron chi connectivity index (χ0n) is 25.2. The highest BCUT2D eigenvalue weighted by molar-refractivity contribution is 6.06. The van der Waals surface area contributed by atoms with Crippen LogP contribution >= 0.6 is 12.4 Å². The number of halogens is 1. The van der Waals surface area contributed by atoms with Crippen molar-refractivity contribution in [3.8, 4) is 17.0 Å². The lowest BCUT2D eigenvalue weighted by Gasteiger charge is -2.37. The highest BCUT2D eigenvalue weighted by atomic mass is 35.5. The van der Waals surface area contributed by atoms with E-state index in [0.29, 0.717) is 62.3 Å². The molecule has 2 aliphatic rings. The second kappa shape index (κ2) is 14.2. The molecule has 2 fully saturated rings. The van der Waals surface area contributed by atoms with Crippen LogP contribution in [0.25, 0.3) is 11.3 Å². The van der Waals surface area contributed by atoms with Crippen LogP contribution in [0.5, 0.6) is 5.75 Å². The van der Waals surface area contributed by atoms with E-state index in [1.165, 1.54) is 12.1 Å². The molecule has 4 heterocycles. The average Bonchev–Trinajstić information content (AvgIpc) is 3.01. The quantitative estimate of drug-likeness (QED) is 0.152. The maximum Gasteiger partial charge on any atom is 0.259 e. The summed E-state index contributed by atoms with van der Waals surface area (Å²) in [5, 5.41) is 16.8. The van der Waals surface area contributed by atoms with E-state index in [-0.39, 0.29) is 53.8 Å². The van der Waals surface area contributed by atoms with Crippen molar-refractivity contribution < 1.29 is 9.90 Å². The second-order valence-electron chi connectivity index (χ2n) is 11.7. The van der Waals surface area contributed by atoms with E-state index >= 15 is 0 Å². The van der Waals surface area contributed by atoms with Crippen LogP contribution in [0.1, 0.15) is 23.2 Å². The molecule has 0 bridgehead atoms. The standard InChI is InChI=1S/C31H38N12O2.ClH/c32-19-11-20(33)15-42(14-19)30-39-29(40-31(41-30)43-16-21(34)12-22(35)17-43)38-24-8-9-25(27(44)13-24)28(45)37-23-6-4-18(5-7-23)26-3-1-2-10-36-26;/h1-10,13,19-22,44H,11-12,14-17,32-35H2,(H,37,45)(H,38,39,40,41);1H/t19-,20+,21-,22+;. The number of hydrogen-bond acceptors (Lipinski definition) is 13. The second-order valence-corrected chi connectivity index (χ2v) is 11.7. The van der Waals surface area contributed by atoms with Gasteiger partial charge in [-0.3, -0.25) is 9.78 Å². The van der Waals surface area contributed by atoms with Crippen molar-refractivity contribution in [2.24, 2.45) is 22.9 Å². The van der Waals surface area contributed by atoms with Crippen LogP contribution in [-0.4, -0.2) is 81.3 Å². The maximum absolute atomic E-state index is 13.0. The summed E-state index contributed by atoms with van der Waals surface area (Å²) in [6, 6.07) is 17.2. The molecule has 2 saturated heterocycles. The number of nitrogens with two attached hydrogens (primary N) is 4. The fourth-order valence-corrected chi connectivity index (χ4v) is 5.76. The molecular weight excluding hydrogens is 608 g/mol. The highest BCUT2D eigenvalue weighted by Gasteiger charge is 2.29. The van der Waals surface area contributed by atoms with Crippen molar-refractivity contribution >= 4 is 47.5 Å². The normalized spacial score (nSPS) is 21.3. The van der Waals surface area contributed by atoms with E-state index in [2.05, 4.69) is 25.6 Å². The van der Waals surface area contributed by atoms with E-state index < -0.39 is 5.91 Å². The van der Waals surface area contributed by atoms with Gasteiger partial charge in [0, 0.05) is 79.5 Å². The molecule has 46 heavy (non-hydrogen) atoms. The fourth-order valence-electron chi connectivity index (χ4n) is 5.76. The van der Waals surface area contributed by atoms with Crippen LogP contribution in [-0.2, 0) is 0 Å². The lowest BCUT2D eigenvalue weighted by Crippen LogP contribution is -2.54. The van der Waals surface area contributed by atoms with Crippen LogP contribution in [0.3, 0.4) is 0 Å². The summed E-state index contributed by atoms with van der Waals surface area (Å²) in [7, 11) is 0. The van der Waals surface area contributed by atoms with Gasteiger partial charge in [-0.15, -0.1) is 12.4 Å². The number of carbonyl (C=O) groups is 1. The van der Waals surface area contributed by atoms with Crippen molar-refractivity contribution in [3.05, 3.63) is 72.4 Å². The van der Waals surface area contributed by atoms with Crippen LogP contribution in [0, 0.1) is 0 Å². The molecule has 14 nitrogen and oxygen atoms in total. The van der Waals surface area contributed by atoms with Gasteiger partial charge >= 0.3 is 0 Å². The monoisotopic (exact) mass is 646 g/mol. The highest BCUT2D eigenvalue weighted by Crippen LogP contribution is 2.28. The van der Waals surface area contributed by atoms with Crippen molar-refractivity contribution in [1.82, 2.24) is 19.9 Å². The number of aromatic nitrogens is 4. The Labute approximate surface area is 273 Å². The maximum atomic E-state index is 13.0. The molecule has 0 unspecified atom stereocenters. The van der Waals surface area contributed by atoms with Gasteiger partial charge in [0.15, 0.2) is 0 Å². The lowest BCUT2D eigenvalue weighted by molar-refractivity contribution is 0.102. The molecule has 6 rings (SSSR count). The number of carbonyl (C=O) groups excluding carboxylic acids is 1. The molecule has 2 aromatic heterocycles. The number of aromatic hydroxyl groups is 1. The third-order valence-corrected chi connectivity index (χ3v) is 7.81. The van der Waals surface area contributed by atoms with Crippen molar-refractivity contribution in [2.45, 2.75) is 37.0 Å².